The molecule has 2 aromatic rings. The Labute approximate surface area is 140 Å². The molecule has 0 unspecified atom stereocenters. The van der Waals surface area contributed by atoms with Crippen LogP contribution < -0.4 is 15.4 Å². The van der Waals surface area contributed by atoms with E-state index in [1.165, 1.54) is 6.92 Å². The molecule has 0 atom stereocenters. The minimum Gasteiger partial charge on any atom is -0.496 e. The lowest BCUT2D eigenvalue weighted by Crippen LogP contribution is -2.13. The molecule has 0 bridgehead atoms. The number of carbonyl (C=O) groups is 2. The molecular formula is C18H20N2O4. The topological polar surface area (TPSA) is 76.7 Å². The molecule has 0 saturated carbocycles. The molecule has 0 aliphatic carbocycles. The summed E-state index contributed by atoms with van der Waals surface area (Å²) >= 11 is 0. The van der Waals surface area contributed by atoms with Gasteiger partial charge in [-0.1, -0.05) is 6.07 Å². The summed E-state index contributed by atoms with van der Waals surface area (Å²) in [4.78, 5) is 23.5. The van der Waals surface area contributed by atoms with E-state index in [0.717, 1.165) is 5.56 Å². The van der Waals surface area contributed by atoms with Crippen LogP contribution in [0.5, 0.6) is 5.75 Å². The number of ether oxygens (including phenoxy) is 2. The lowest BCUT2D eigenvalue weighted by atomic mass is 10.1. The molecule has 2 amide bonds. The van der Waals surface area contributed by atoms with Crippen molar-refractivity contribution < 1.29 is 19.1 Å². The molecular weight excluding hydrogens is 308 g/mol. The number of nitrogens with one attached hydrogen (secondary N) is 2. The highest BCUT2D eigenvalue weighted by Crippen LogP contribution is 2.22. The fraction of sp³-hybridized carbons (Fsp3) is 0.222. The van der Waals surface area contributed by atoms with Crippen molar-refractivity contribution in [2.45, 2.75) is 13.5 Å². The van der Waals surface area contributed by atoms with Gasteiger partial charge in [-0.15, -0.1) is 0 Å². The number of methoxy groups -OCH3 is 2. The van der Waals surface area contributed by atoms with Gasteiger partial charge in [-0.05, 0) is 36.4 Å². The molecule has 0 radical (unpaired) electrons. The van der Waals surface area contributed by atoms with Gasteiger partial charge < -0.3 is 20.1 Å². The molecule has 126 valence electrons. The van der Waals surface area contributed by atoms with E-state index in [-0.39, 0.29) is 11.8 Å². The van der Waals surface area contributed by atoms with Crippen LogP contribution in [0.4, 0.5) is 11.4 Å². The highest BCUT2D eigenvalue weighted by Gasteiger charge is 2.11. The van der Waals surface area contributed by atoms with Crippen LogP contribution in [0.3, 0.4) is 0 Å². The zero-order valence-electron chi connectivity index (χ0n) is 13.9. The number of carbonyl (C=O) groups excluding carboxylic acids is 2. The average Bonchev–Trinajstić information content (AvgIpc) is 2.54. The Hall–Kier alpha value is -2.86. The number of hydrogen-bond donors (Lipinski definition) is 2. The molecule has 0 aliphatic rings. The van der Waals surface area contributed by atoms with Crippen LogP contribution in [0.2, 0.25) is 0 Å². The number of rotatable bonds is 6. The maximum Gasteiger partial charge on any atom is 0.255 e. The predicted octanol–water partition coefficient (Wildman–Crippen LogP) is 3.05. The molecule has 0 spiro atoms. The minimum absolute atomic E-state index is 0.169. The second kappa shape index (κ2) is 8.12. The summed E-state index contributed by atoms with van der Waals surface area (Å²) in [5.41, 5.74) is 2.50. The molecule has 2 rings (SSSR count). The summed E-state index contributed by atoms with van der Waals surface area (Å²) < 4.78 is 10.4. The Kier molecular flexibility index (Phi) is 5.92. The molecule has 2 N–H and O–H groups in total. The van der Waals surface area contributed by atoms with Gasteiger partial charge in [-0.2, -0.15) is 0 Å². The van der Waals surface area contributed by atoms with Crippen molar-refractivity contribution in [2.24, 2.45) is 0 Å². The van der Waals surface area contributed by atoms with Crippen molar-refractivity contribution in [3.8, 4) is 5.75 Å². The van der Waals surface area contributed by atoms with Crippen molar-refractivity contribution in [1.82, 2.24) is 0 Å². The number of anilines is 2. The lowest BCUT2D eigenvalue weighted by Gasteiger charge is -2.11. The first-order valence-electron chi connectivity index (χ1n) is 7.38. The van der Waals surface area contributed by atoms with E-state index in [9.17, 15) is 9.59 Å². The third-order valence-corrected chi connectivity index (χ3v) is 3.28. The van der Waals surface area contributed by atoms with E-state index in [2.05, 4.69) is 10.6 Å². The Bertz CT molecular complexity index is 744. The standard InChI is InChI=1S/C18H20N2O4/c1-12(21)19-15-5-4-6-16(10-15)20-18(22)13-7-8-17(24-3)14(9-13)11-23-2/h4-10H,11H2,1-3H3,(H,19,21)(H,20,22). The van der Waals surface area contributed by atoms with Gasteiger partial charge in [0.1, 0.15) is 5.75 Å². The van der Waals surface area contributed by atoms with Crippen molar-refractivity contribution in [2.75, 3.05) is 24.9 Å². The van der Waals surface area contributed by atoms with Gasteiger partial charge in [-0.3, -0.25) is 9.59 Å². The van der Waals surface area contributed by atoms with Crippen LogP contribution in [0.25, 0.3) is 0 Å². The maximum absolute atomic E-state index is 12.4. The quantitative estimate of drug-likeness (QED) is 0.854. The summed E-state index contributed by atoms with van der Waals surface area (Å²) in [5, 5.41) is 5.48. The van der Waals surface area contributed by atoms with E-state index in [4.69, 9.17) is 9.47 Å². The molecule has 0 aromatic heterocycles. The minimum atomic E-state index is -0.255. The number of benzene rings is 2. The zero-order chi connectivity index (χ0) is 17.5. The van der Waals surface area contributed by atoms with Crippen LogP contribution >= 0.6 is 0 Å². The summed E-state index contributed by atoms with van der Waals surface area (Å²) in [6.07, 6.45) is 0. The molecule has 0 heterocycles. The summed E-state index contributed by atoms with van der Waals surface area (Å²) in [7, 11) is 3.15. The predicted molar refractivity (Wildman–Crippen MR) is 92.4 cm³/mol. The van der Waals surface area contributed by atoms with Crippen molar-refractivity contribution >= 4 is 23.2 Å². The fourth-order valence-electron chi connectivity index (χ4n) is 2.27. The SMILES string of the molecule is COCc1cc(C(=O)Nc2cccc(NC(C)=O)c2)ccc1OC. The van der Waals surface area contributed by atoms with Crippen LogP contribution in [0.1, 0.15) is 22.8 Å². The lowest BCUT2D eigenvalue weighted by molar-refractivity contribution is -0.114. The summed E-state index contributed by atoms with van der Waals surface area (Å²) in [6.45, 7) is 1.78. The smallest absolute Gasteiger partial charge is 0.255 e. The van der Waals surface area contributed by atoms with E-state index in [1.807, 2.05) is 0 Å². The first kappa shape index (κ1) is 17.5. The van der Waals surface area contributed by atoms with Gasteiger partial charge in [0.15, 0.2) is 0 Å². The van der Waals surface area contributed by atoms with Gasteiger partial charge in [0.25, 0.3) is 5.91 Å². The first-order chi connectivity index (χ1) is 11.5. The Morgan fingerprint density at radius 2 is 1.71 bits per heavy atom. The van der Waals surface area contributed by atoms with Crippen LogP contribution in [0, 0.1) is 0 Å². The van der Waals surface area contributed by atoms with Crippen LogP contribution in [-0.2, 0) is 16.1 Å². The monoisotopic (exact) mass is 328 g/mol. The molecule has 24 heavy (non-hydrogen) atoms. The van der Waals surface area contributed by atoms with Gasteiger partial charge in [-0.25, -0.2) is 0 Å². The highest BCUT2D eigenvalue weighted by atomic mass is 16.5. The van der Waals surface area contributed by atoms with E-state index < -0.39 is 0 Å². The molecule has 6 heteroatoms. The molecule has 0 aliphatic heterocycles. The fourth-order valence-corrected chi connectivity index (χ4v) is 2.27. The van der Waals surface area contributed by atoms with Gasteiger partial charge in [0.2, 0.25) is 5.91 Å². The van der Waals surface area contributed by atoms with Crippen LogP contribution in [0.15, 0.2) is 42.5 Å². The average molecular weight is 328 g/mol. The van der Waals surface area contributed by atoms with Crippen molar-refractivity contribution in [3.63, 3.8) is 0 Å². The normalized spacial score (nSPS) is 10.1. The highest BCUT2D eigenvalue weighted by molar-refractivity contribution is 6.04. The van der Waals surface area contributed by atoms with Crippen molar-refractivity contribution in [3.05, 3.63) is 53.6 Å². The Morgan fingerprint density at radius 3 is 2.33 bits per heavy atom. The van der Waals surface area contributed by atoms with Crippen molar-refractivity contribution in [1.29, 1.82) is 0 Å². The number of amides is 2. The number of hydrogen-bond acceptors (Lipinski definition) is 4. The molecule has 2 aromatic carbocycles. The Balaban J connectivity index is 2.17. The third kappa shape index (κ3) is 4.57. The largest absolute Gasteiger partial charge is 0.496 e. The summed E-state index contributed by atoms with van der Waals surface area (Å²) in [6, 6.07) is 12.1. The zero-order valence-corrected chi connectivity index (χ0v) is 13.9. The molecule has 0 fully saturated rings. The summed E-state index contributed by atoms with van der Waals surface area (Å²) in [5.74, 6) is 0.244. The second-order valence-corrected chi connectivity index (χ2v) is 5.18. The maximum atomic E-state index is 12.4. The van der Waals surface area contributed by atoms with Gasteiger partial charge >= 0.3 is 0 Å². The van der Waals surface area contributed by atoms with E-state index in [1.54, 1.807) is 56.7 Å². The first-order valence-corrected chi connectivity index (χ1v) is 7.38. The molecule has 0 saturated heterocycles. The molecule has 6 nitrogen and oxygen atoms in total. The second-order valence-electron chi connectivity index (χ2n) is 5.18. The third-order valence-electron chi connectivity index (χ3n) is 3.28. The van der Waals surface area contributed by atoms with Crippen LogP contribution in [-0.4, -0.2) is 26.0 Å². The van der Waals surface area contributed by atoms with Gasteiger partial charge in [0.05, 0.1) is 13.7 Å². The van der Waals surface area contributed by atoms with E-state index >= 15 is 0 Å². The Morgan fingerprint density at radius 1 is 1.00 bits per heavy atom. The van der Waals surface area contributed by atoms with E-state index in [0.29, 0.717) is 29.3 Å². The van der Waals surface area contributed by atoms with Gasteiger partial charge in [0, 0.05) is 36.5 Å².